The van der Waals surface area contributed by atoms with Crippen LogP contribution in [0.5, 0.6) is 5.75 Å². The molecule has 0 aliphatic heterocycles. The minimum atomic E-state index is -0.160. The molecular formula is C21H24N2O3S2. The number of thioether (sulfide) groups is 1. The smallest absolute Gasteiger partial charge is 0.252 e. The van der Waals surface area contributed by atoms with Crippen molar-refractivity contribution in [1.82, 2.24) is 4.57 Å². The summed E-state index contributed by atoms with van der Waals surface area (Å²) < 4.78 is 13.9. The van der Waals surface area contributed by atoms with Gasteiger partial charge in [-0.15, -0.1) is 11.8 Å². The van der Waals surface area contributed by atoms with Crippen molar-refractivity contribution in [3.8, 4) is 5.75 Å². The van der Waals surface area contributed by atoms with E-state index in [4.69, 9.17) is 9.47 Å². The standard InChI is InChI=1S/C21H24N2O3S2/c1-4-26-16-7-5-15(6-8-16)13-20(24)22-21-23(11-12-25-2)18-10-9-17(27-3)14-19(18)28-21/h5-10,14H,4,11-13H2,1-3H3. The molecule has 0 atom stereocenters. The monoisotopic (exact) mass is 416 g/mol. The van der Waals surface area contributed by atoms with Gasteiger partial charge in [0.2, 0.25) is 0 Å². The third kappa shape index (κ3) is 5.04. The van der Waals surface area contributed by atoms with Crippen LogP contribution in [-0.2, 0) is 22.5 Å². The first-order valence-corrected chi connectivity index (χ1v) is 11.1. The summed E-state index contributed by atoms with van der Waals surface area (Å²) in [6.45, 7) is 3.79. The molecule has 0 N–H and O–H groups in total. The van der Waals surface area contributed by atoms with E-state index in [1.165, 1.54) is 16.2 Å². The van der Waals surface area contributed by atoms with Crippen LogP contribution in [0.2, 0.25) is 0 Å². The lowest BCUT2D eigenvalue weighted by Gasteiger charge is -2.05. The van der Waals surface area contributed by atoms with Crippen LogP contribution in [0, 0.1) is 0 Å². The molecule has 1 amide bonds. The van der Waals surface area contributed by atoms with Crippen molar-refractivity contribution in [2.45, 2.75) is 24.8 Å². The molecule has 148 valence electrons. The molecule has 0 unspecified atom stereocenters. The van der Waals surface area contributed by atoms with Crippen LogP contribution in [0.4, 0.5) is 0 Å². The van der Waals surface area contributed by atoms with Crippen molar-refractivity contribution in [2.75, 3.05) is 26.6 Å². The fourth-order valence-electron chi connectivity index (χ4n) is 2.86. The summed E-state index contributed by atoms with van der Waals surface area (Å²) in [6.07, 6.45) is 2.32. The molecular weight excluding hydrogens is 392 g/mol. The van der Waals surface area contributed by atoms with Crippen molar-refractivity contribution in [3.05, 3.63) is 52.8 Å². The molecule has 0 aliphatic carbocycles. The second kappa shape index (κ2) is 9.91. The fourth-order valence-corrected chi connectivity index (χ4v) is 4.48. The fraction of sp³-hybridized carbons (Fsp3) is 0.333. The van der Waals surface area contributed by atoms with E-state index in [0.717, 1.165) is 21.5 Å². The maximum absolute atomic E-state index is 12.6. The third-order valence-corrected chi connectivity index (χ3v) is 5.99. The predicted molar refractivity (Wildman–Crippen MR) is 115 cm³/mol. The normalized spacial score (nSPS) is 11.9. The molecule has 1 aromatic heterocycles. The number of benzene rings is 2. The summed E-state index contributed by atoms with van der Waals surface area (Å²) in [4.78, 5) is 18.9. The highest BCUT2D eigenvalue weighted by Gasteiger charge is 2.09. The van der Waals surface area contributed by atoms with E-state index in [1.54, 1.807) is 18.9 Å². The van der Waals surface area contributed by atoms with Crippen molar-refractivity contribution in [1.29, 1.82) is 0 Å². The first-order valence-electron chi connectivity index (χ1n) is 9.10. The number of methoxy groups -OCH3 is 1. The van der Waals surface area contributed by atoms with Gasteiger partial charge in [-0.2, -0.15) is 4.99 Å². The maximum atomic E-state index is 12.6. The summed E-state index contributed by atoms with van der Waals surface area (Å²) in [6, 6.07) is 13.9. The van der Waals surface area contributed by atoms with Gasteiger partial charge in [0.1, 0.15) is 5.75 Å². The highest BCUT2D eigenvalue weighted by molar-refractivity contribution is 7.98. The molecule has 0 bridgehead atoms. The molecule has 0 saturated heterocycles. The SMILES string of the molecule is CCOc1ccc(CC(=O)N=c2sc3cc(SC)ccc3n2CCOC)cc1. The number of hydrogen-bond acceptors (Lipinski definition) is 5. The minimum Gasteiger partial charge on any atom is -0.494 e. The highest BCUT2D eigenvalue weighted by Crippen LogP contribution is 2.24. The number of fused-ring (bicyclic) bond motifs is 1. The van der Waals surface area contributed by atoms with Crippen LogP contribution < -0.4 is 9.54 Å². The molecule has 7 heteroatoms. The molecule has 28 heavy (non-hydrogen) atoms. The van der Waals surface area contributed by atoms with E-state index in [1.807, 2.05) is 31.2 Å². The number of nitrogens with zero attached hydrogens (tertiary/aromatic N) is 2. The Morgan fingerprint density at radius 1 is 1.21 bits per heavy atom. The molecule has 3 rings (SSSR count). The number of amides is 1. The zero-order chi connectivity index (χ0) is 19.9. The van der Waals surface area contributed by atoms with Gasteiger partial charge in [-0.1, -0.05) is 23.5 Å². The molecule has 0 spiro atoms. The van der Waals surface area contributed by atoms with E-state index >= 15 is 0 Å². The Hall–Kier alpha value is -2.09. The molecule has 5 nitrogen and oxygen atoms in total. The lowest BCUT2D eigenvalue weighted by Crippen LogP contribution is -2.19. The molecule has 1 heterocycles. The minimum absolute atomic E-state index is 0.160. The van der Waals surface area contributed by atoms with Crippen LogP contribution in [0.15, 0.2) is 52.4 Å². The number of thiazole rings is 1. The number of hydrogen-bond donors (Lipinski definition) is 0. The average molecular weight is 417 g/mol. The molecule has 3 aromatic rings. The quantitative estimate of drug-likeness (QED) is 0.518. The van der Waals surface area contributed by atoms with Crippen molar-refractivity contribution in [3.63, 3.8) is 0 Å². The van der Waals surface area contributed by atoms with Crippen LogP contribution in [0.3, 0.4) is 0 Å². The van der Waals surface area contributed by atoms with Crippen molar-refractivity contribution >= 4 is 39.2 Å². The molecule has 0 saturated carbocycles. The van der Waals surface area contributed by atoms with Crippen molar-refractivity contribution in [2.24, 2.45) is 4.99 Å². The summed E-state index contributed by atoms with van der Waals surface area (Å²) in [5.74, 6) is 0.647. The van der Waals surface area contributed by atoms with Gasteiger partial charge in [0.15, 0.2) is 4.80 Å². The number of carbonyl (C=O) groups is 1. The first-order chi connectivity index (χ1) is 13.6. The lowest BCUT2D eigenvalue weighted by atomic mass is 10.1. The summed E-state index contributed by atoms with van der Waals surface area (Å²) in [7, 11) is 1.68. The molecule has 0 radical (unpaired) electrons. The lowest BCUT2D eigenvalue weighted by molar-refractivity contribution is -0.117. The first kappa shape index (κ1) is 20.6. The second-order valence-electron chi connectivity index (χ2n) is 6.12. The van der Waals surface area contributed by atoms with Gasteiger partial charge in [0.05, 0.1) is 29.9 Å². The van der Waals surface area contributed by atoms with Gasteiger partial charge >= 0.3 is 0 Å². The molecule has 2 aromatic carbocycles. The Labute approximate surface area is 173 Å². The van der Waals surface area contributed by atoms with Crippen LogP contribution in [-0.4, -0.2) is 37.1 Å². The van der Waals surface area contributed by atoms with E-state index < -0.39 is 0 Å². The number of rotatable bonds is 8. The van der Waals surface area contributed by atoms with Gasteiger partial charge in [-0.3, -0.25) is 4.79 Å². The van der Waals surface area contributed by atoms with Gasteiger partial charge in [-0.25, -0.2) is 0 Å². The highest BCUT2D eigenvalue weighted by atomic mass is 32.2. The Balaban J connectivity index is 1.89. The van der Waals surface area contributed by atoms with Crippen molar-refractivity contribution < 1.29 is 14.3 Å². The van der Waals surface area contributed by atoms with Crippen LogP contribution in [0.1, 0.15) is 12.5 Å². The zero-order valence-electron chi connectivity index (χ0n) is 16.3. The molecule has 0 fully saturated rings. The zero-order valence-corrected chi connectivity index (χ0v) is 17.9. The predicted octanol–water partition coefficient (Wildman–Crippen LogP) is 4.14. The van der Waals surface area contributed by atoms with E-state index in [9.17, 15) is 4.79 Å². The Morgan fingerprint density at radius 2 is 2.00 bits per heavy atom. The Bertz CT molecular complexity index is 1010. The average Bonchev–Trinajstić information content (AvgIpc) is 3.03. The number of ether oxygens (including phenoxy) is 2. The van der Waals surface area contributed by atoms with Crippen LogP contribution >= 0.6 is 23.1 Å². The van der Waals surface area contributed by atoms with Gasteiger partial charge in [-0.05, 0) is 49.1 Å². The van der Waals surface area contributed by atoms with Gasteiger partial charge in [0, 0.05) is 18.6 Å². The Morgan fingerprint density at radius 3 is 2.68 bits per heavy atom. The molecule has 0 aliphatic rings. The Kier molecular flexibility index (Phi) is 7.30. The van der Waals surface area contributed by atoms with E-state index in [-0.39, 0.29) is 12.3 Å². The number of aromatic nitrogens is 1. The van der Waals surface area contributed by atoms with Crippen LogP contribution in [0.25, 0.3) is 10.2 Å². The van der Waals surface area contributed by atoms with E-state index in [2.05, 4.69) is 34.0 Å². The van der Waals surface area contributed by atoms with E-state index in [0.29, 0.717) is 24.6 Å². The summed E-state index contributed by atoms with van der Waals surface area (Å²) >= 11 is 3.24. The second-order valence-corrected chi connectivity index (χ2v) is 8.01. The summed E-state index contributed by atoms with van der Waals surface area (Å²) in [5, 5.41) is 0. The number of carbonyl (C=O) groups excluding carboxylic acids is 1. The third-order valence-electron chi connectivity index (χ3n) is 4.22. The summed E-state index contributed by atoms with van der Waals surface area (Å²) in [5.41, 5.74) is 2.00. The van der Waals surface area contributed by atoms with Gasteiger partial charge < -0.3 is 14.0 Å². The van der Waals surface area contributed by atoms with Gasteiger partial charge in [0.25, 0.3) is 5.91 Å². The topological polar surface area (TPSA) is 52.8 Å². The maximum Gasteiger partial charge on any atom is 0.252 e. The largest absolute Gasteiger partial charge is 0.494 e.